The summed E-state index contributed by atoms with van der Waals surface area (Å²) in [5, 5.41) is 11.8. The number of carbonyl (C=O) groups is 12. The first-order chi connectivity index (χ1) is 50.2. The molecule has 528 valence electrons. The summed E-state index contributed by atoms with van der Waals surface area (Å²) >= 11 is 0. The van der Waals surface area contributed by atoms with Gasteiger partial charge in [0.1, 0.15) is 23.0 Å². The molecule has 5 aliphatic rings. The Labute approximate surface area is 597 Å². The number of imide groups is 4. The van der Waals surface area contributed by atoms with Crippen LogP contribution in [0.1, 0.15) is 181 Å². The molecule has 8 aromatic carbocycles. The first kappa shape index (κ1) is 69.9. The Hall–Kier alpha value is -12.6. The molecule has 0 atom stereocenters. The van der Waals surface area contributed by atoms with Crippen LogP contribution in [0.3, 0.4) is 0 Å². The number of carbonyl (C=O) groups excluding carboxylic acids is 12. The molecule has 24 nitrogen and oxygen atoms in total. The number of hydrogen-bond donors (Lipinski definition) is 4. The topological polar surface area (TPSA) is 303 Å². The number of amides is 12. The molecule has 0 spiro atoms. The maximum Gasteiger partial charge on any atom is 0.261 e. The third-order valence-corrected chi connectivity index (χ3v) is 18.4. The first-order valence-corrected chi connectivity index (χ1v) is 34.2. The molecule has 0 saturated heterocycles. The van der Waals surface area contributed by atoms with Crippen molar-refractivity contribution in [3.05, 3.63) is 235 Å². The van der Waals surface area contributed by atoms with Crippen molar-refractivity contribution in [2.45, 2.75) is 79.1 Å². The molecule has 12 amide bonds. The third-order valence-electron chi connectivity index (χ3n) is 18.4. The predicted octanol–water partition coefficient (Wildman–Crippen LogP) is 10.5. The summed E-state index contributed by atoms with van der Waals surface area (Å²) in [6.07, 6.45) is 0.315. The zero-order valence-electron chi connectivity index (χ0n) is 57.5. The van der Waals surface area contributed by atoms with Crippen molar-refractivity contribution in [2.24, 2.45) is 0 Å². The molecule has 13 rings (SSSR count). The molecule has 0 radical (unpaired) electrons. The van der Waals surface area contributed by atoms with Crippen molar-refractivity contribution in [1.29, 1.82) is 0 Å². The van der Waals surface area contributed by atoms with E-state index in [1.54, 1.807) is 146 Å². The molecule has 1 aliphatic carbocycles. The molecule has 4 N–H and O–H groups in total. The van der Waals surface area contributed by atoms with E-state index in [1.807, 2.05) is 0 Å². The lowest BCUT2D eigenvalue weighted by Crippen LogP contribution is -2.31. The van der Waals surface area contributed by atoms with Crippen LogP contribution in [0.5, 0.6) is 23.0 Å². The third kappa shape index (κ3) is 14.5. The van der Waals surface area contributed by atoms with Gasteiger partial charge in [-0.15, -0.1) is 0 Å². The fourth-order valence-electron chi connectivity index (χ4n) is 14.1. The van der Waals surface area contributed by atoms with Crippen LogP contribution in [0.4, 0.5) is 22.7 Å². The standard InChI is InChI=1S/C80H72N8O16/c1-45(89)81-57-37-49-33-51-39-58(82-46(2)90)41-53(70(51)102-30-14-26-86-75(95)63-19-7-8-20-64(63)76(86)96)35-55-43-60(84-48(4)92)44-56(72(55)104-32-16-28-88-79(99)67-23-11-12-24-68(67)80(88)100)36-54-42-59(83-47(3)91)40-52(71(54)103-31-15-27-87-77(97)65-21-9-10-22-66(65)78(87)98)34-50(38-57)69(49)101-29-13-25-85-73(93)61-17-5-6-18-62(61)74(85)94/h5-12,17-24,37-44H,13-16,25-36H2,1-4H3,(H,81,89)(H,82,90)(H,83,91)(H,84,92). The van der Waals surface area contributed by atoms with Crippen LogP contribution in [0.2, 0.25) is 0 Å². The SMILES string of the molecule is CC(=O)Nc1cc2c(OCCCN3C(=O)c4ccccc4C3=O)c(c1)Cc1cc(NC(C)=O)cc(c1OCCCN1C(=O)c3ccccc3C1=O)Cc1cc(NC(C)=O)cc(c1OCCCN1C(=O)c3ccccc3C1=O)Cc1cc(NC(C)=O)cc(c1OCCCN1C(=O)c3ccccc3C1=O)C2. The van der Waals surface area contributed by atoms with Crippen LogP contribution < -0.4 is 40.2 Å². The second kappa shape index (κ2) is 29.9. The minimum Gasteiger partial charge on any atom is -0.493 e. The lowest BCUT2D eigenvalue weighted by Gasteiger charge is -2.25. The largest absolute Gasteiger partial charge is 0.493 e. The molecule has 4 aliphatic heterocycles. The Bertz CT molecular complexity index is 4120. The van der Waals surface area contributed by atoms with E-state index in [9.17, 15) is 57.5 Å². The average molecular weight is 1400 g/mol. The van der Waals surface area contributed by atoms with Crippen LogP contribution in [0.15, 0.2) is 146 Å². The Morgan fingerprint density at radius 3 is 0.577 bits per heavy atom. The Kier molecular flexibility index (Phi) is 20.1. The predicted molar refractivity (Wildman–Crippen MR) is 382 cm³/mol. The Morgan fingerprint density at radius 2 is 0.433 bits per heavy atom. The van der Waals surface area contributed by atoms with E-state index in [1.165, 1.54) is 47.3 Å². The van der Waals surface area contributed by atoms with Gasteiger partial charge in [0.2, 0.25) is 23.6 Å². The zero-order chi connectivity index (χ0) is 73.0. The summed E-state index contributed by atoms with van der Waals surface area (Å²) in [6, 6.07) is 40.1. The highest BCUT2D eigenvalue weighted by molar-refractivity contribution is 6.23. The summed E-state index contributed by atoms with van der Waals surface area (Å²) in [4.78, 5) is 168. The minimum absolute atomic E-state index is 0.0231. The molecule has 104 heavy (non-hydrogen) atoms. The van der Waals surface area contributed by atoms with Crippen LogP contribution in [-0.2, 0) is 44.9 Å². The van der Waals surface area contributed by atoms with Crippen molar-refractivity contribution >= 4 is 93.6 Å². The highest BCUT2D eigenvalue weighted by atomic mass is 16.5. The number of benzene rings is 8. The lowest BCUT2D eigenvalue weighted by atomic mass is 9.90. The summed E-state index contributed by atoms with van der Waals surface area (Å²) in [5.74, 6) is -4.12. The lowest BCUT2D eigenvalue weighted by molar-refractivity contribution is -0.115. The van der Waals surface area contributed by atoms with Gasteiger partial charge in [-0.2, -0.15) is 0 Å². The number of ether oxygens (including phenoxy) is 4. The van der Waals surface area contributed by atoms with Crippen molar-refractivity contribution in [1.82, 2.24) is 19.6 Å². The van der Waals surface area contributed by atoms with E-state index >= 15 is 0 Å². The van der Waals surface area contributed by atoms with E-state index in [4.69, 9.17) is 18.9 Å². The van der Waals surface area contributed by atoms with Crippen molar-refractivity contribution in [3.63, 3.8) is 0 Å². The van der Waals surface area contributed by atoms with Gasteiger partial charge in [-0.1, -0.05) is 48.5 Å². The van der Waals surface area contributed by atoms with Gasteiger partial charge in [0, 0.05) is 147 Å². The molecule has 8 aromatic rings. The Balaban J connectivity index is 0.964. The highest BCUT2D eigenvalue weighted by Gasteiger charge is 2.39. The zero-order valence-corrected chi connectivity index (χ0v) is 57.5. The highest BCUT2D eigenvalue weighted by Crippen LogP contribution is 2.44. The minimum atomic E-state index is -0.451. The fourth-order valence-corrected chi connectivity index (χ4v) is 14.1. The van der Waals surface area contributed by atoms with Crippen LogP contribution in [0, 0.1) is 0 Å². The van der Waals surface area contributed by atoms with Gasteiger partial charge >= 0.3 is 0 Å². The molecular formula is C80H72N8O16. The molecular weight excluding hydrogens is 1330 g/mol. The number of fused-ring (bicyclic) bond motifs is 12. The second-order valence-electron chi connectivity index (χ2n) is 26.0. The summed E-state index contributed by atoms with van der Waals surface area (Å²) < 4.78 is 28.0. The monoisotopic (exact) mass is 1400 g/mol. The van der Waals surface area contributed by atoms with Gasteiger partial charge in [0.05, 0.1) is 70.9 Å². The van der Waals surface area contributed by atoms with Crippen molar-refractivity contribution in [3.8, 4) is 23.0 Å². The Morgan fingerprint density at radius 1 is 0.279 bits per heavy atom. The van der Waals surface area contributed by atoms with E-state index in [0.29, 0.717) is 90.3 Å². The number of anilines is 4. The van der Waals surface area contributed by atoms with E-state index < -0.39 is 70.9 Å². The quantitative estimate of drug-likeness (QED) is 0.0323. The van der Waals surface area contributed by atoms with E-state index in [-0.39, 0.29) is 148 Å². The van der Waals surface area contributed by atoms with Gasteiger partial charge < -0.3 is 40.2 Å². The van der Waals surface area contributed by atoms with Gasteiger partial charge in [0.15, 0.2) is 0 Å². The van der Waals surface area contributed by atoms with Gasteiger partial charge in [0.25, 0.3) is 47.3 Å². The van der Waals surface area contributed by atoms with Crippen LogP contribution >= 0.6 is 0 Å². The van der Waals surface area contributed by atoms with E-state index in [2.05, 4.69) is 21.3 Å². The van der Waals surface area contributed by atoms with Crippen LogP contribution in [-0.4, -0.2) is 143 Å². The normalized spacial score (nSPS) is 14.1. The van der Waals surface area contributed by atoms with Crippen molar-refractivity contribution in [2.75, 3.05) is 73.9 Å². The molecule has 0 aromatic heterocycles. The van der Waals surface area contributed by atoms with Gasteiger partial charge in [-0.05, 0) is 123 Å². The van der Waals surface area contributed by atoms with Crippen molar-refractivity contribution < 1.29 is 76.5 Å². The first-order valence-electron chi connectivity index (χ1n) is 34.2. The van der Waals surface area contributed by atoms with E-state index in [0.717, 1.165) is 0 Å². The molecule has 0 fully saturated rings. The number of nitrogens with one attached hydrogen (secondary N) is 4. The smallest absolute Gasteiger partial charge is 0.261 e. The maximum atomic E-state index is 13.7. The summed E-state index contributed by atoms with van der Waals surface area (Å²) in [5.41, 5.74) is 7.22. The summed E-state index contributed by atoms with van der Waals surface area (Å²) in [7, 11) is 0. The van der Waals surface area contributed by atoms with Gasteiger partial charge in [-0.25, -0.2) is 0 Å². The van der Waals surface area contributed by atoms with Crippen LogP contribution in [0.25, 0.3) is 0 Å². The summed E-state index contributed by atoms with van der Waals surface area (Å²) in [6.45, 7) is 5.04. The molecule has 4 heterocycles. The molecule has 8 bridgehead atoms. The average Bonchev–Trinajstić information content (AvgIpc) is 1.17. The number of rotatable bonds is 24. The fraction of sp³-hybridized carbons (Fsp3) is 0.250. The number of nitrogens with zero attached hydrogens (tertiary/aromatic N) is 4. The maximum absolute atomic E-state index is 13.7. The molecule has 0 unspecified atom stereocenters. The molecule has 24 heteroatoms. The van der Waals surface area contributed by atoms with Gasteiger partial charge in [-0.3, -0.25) is 77.1 Å². The number of hydrogen-bond acceptors (Lipinski definition) is 16. The molecule has 0 saturated carbocycles. The second-order valence-corrected chi connectivity index (χ2v) is 26.0.